The van der Waals surface area contributed by atoms with Crippen LogP contribution in [0.2, 0.25) is 0 Å². The minimum absolute atomic E-state index is 0.00815. The molecule has 1 rings (SSSR count). The van der Waals surface area contributed by atoms with E-state index < -0.39 is 6.10 Å². The number of hydrogen-bond donors (Lipinski definition) is 2. The molecule has 0 saturated heterocycles. The molecule has 0 aromatic carbocycles. The number of nitrogens with zero attached hydrogens (tertiary/aromatic N) is 1. The molecule has 0 aliphatic rings. The summed E-state index contributed by atoms with van der Waals surface area (Å²) in [5.41, 5.74) is 0. The molecule has 0 unspecified atom stereocenters. The fourth-order valence-electron chi connectivity index (χ4n) is 1.46. The summed E-state index contributed by atoms with van der Waals surface area (Å²) in [5, 5.41) is 18.2. The number of likely N-dealkylation sites (N-methyl/N-ethyl adjacent to an activating group) is 1. The van der Waals surface area contributed by atoms with Gasteiger partial charge in [0.15, 0.2) is 0 Å². The fourth-order valence-corrected chi connectivity index (χ4v) is 3.03. The summed E-state index contributed by atoms with van der Waals surface area (Å²) in [6, 6.07) is 4.09. The van der Waals surface area contributed by atoms with Crippen molar-refractivity contribution in [1.82, 2.24) is 4.90 Å². The Morgan fingerprint density at radius 2 is 2.29 bits per heavy atom. The highest BCUT2D eigenvalue weighted by Gasteiger charge is 2.09. The van der Waals surface area contributed by atoms with Gasteiger partial charge in [-0.15, -0.1) is 11.3 Å². The maximum atomic E-state index is 9.68. The van der Waals surface area contributed by atoms with Gasteiger partial charge in [0.25, 0.3) is 0 Å². The predicted octanol–water partition coefficient (Wildman–Crippen LogP) is 1.31. The highest BCUT2D eigenvalue weighted by Crippen LogP contribution is 2.22. The number of rotatable bonds is 8. The average molecular weight is 324 g/mol. The average Bonchev–Trinajstić information content (AvgIpc) is 2.64. The summed E-state index contributed by atoms with van der Waals surface area (Å²) in [6.45, 7) is 1.90. The van der Waals surface area contributed by atoms with Gasteiger partial charge in [0, 0.05) is 18.0 Å². The Hall–Kier alpha value is 0.0200. The Labute approximate surface area is 114 Å². The summed E-state index contributed by atoms with van der Waals surface area (Å²) in [5.74, 6) is 0. The molecule has 0 aliphatic carbocycles. The van der Waals surface area contributed by atoms with E-state index in [0.29, 0.717) is 6.54 Å². The normalized spacial score (nSPS) is 13.2. The molecule has 1 aromatic rings. The van der Waals surface area contributed by atoms with Crippen molar-refractivity contribution in [3.63, 3.8) is 0 Å². The maximum Gasteiger partial charge on any atom is 0.0900 e. The molecule has 98 valence electrons. The van der Waals surface area contributed by atoms with Crippen molar-refractivity contribution in [2.45, 2.75) is 12.6 Å². The van der Waals surface area contributed by atoms with Crippen LogP contribution in [0.5, 0.6) is 0 Å². The number of aliphatic hydroxyl groups is 2. The summed E-state index contributed by atoms with van der Waals surface area (Å²) in [4.78, 5) is 3.30. The zero-order valence-electron chi connectivity index (χ0n) is 9.80. The molecular formula is C11H18BrNO3S. The maximum absolute atomic E-state index is 9.68. The van der Waals surface area contributed by atoms with E-state index in [2.05, 4.69) is 22.0 Å². The number of ether oxygens (including phenoxy) is 1. The molecule has 0 spiro atoms. The first kappa shape index (κ1) is 15.1. The first-order valence-electron chi connectivity index (χ1n) is 5.41. The van der Waals surface area contributed by atoms with E-state index in [1.807, 2.05) is 18.0 Å². The van der Waals surface area contributed by atoms with Crippen molar-refractivity contribution < 1.29 is 14.9 Å². The summed E-state index contributed by atoms with van der Waals surface area (Å²) in [6.07, 6.45) is -0.519. The zero-order valence-corrected chi connectivity index (χ0v) is 12.2. The molecule has 0 amide bonds. The zero-order chi connectivity index (χ0) is 12.7. The highest BCUT2D eigenvalue weighted by atomic mass is 79.9. The van der Waals surface area contributed by atoms with E-state index in [4.69, 9.17) is 9.84 Å². The highest BCUT2D eigenvalue weighted by molar-refractivity contribution is 9.11. The second-order valence-corrected chi connectivity index (χ2v) is 6.40. The molecule has 0 bridgehead atoms. The van der Waals surface area contributed by atoms with Crippen LogP contribution in [0, 0.1) is 0 Å². The van der Waals surface area contributed by atoms with Crippen molar-refractivity contribution in [2.24, 2.45) is 0 Å². The predicted molar refractivity (Wildman–Crippen MR) is 72.3 cm³/mol. The van der Waals surface area contributed by atoms with Gasteiger partial charge in [-0.2, -0.15) is 0 Å². The van der Waals surface area contributed by atoms with Gasteiger partial charge in [-0.25, -0.2) is 0 Å². The minimum Gasteiger partial charge on any atom is -0.394 e. The molecule has 1 heterocycles. The Morgan fingerprint density at radius 1 is 1.53 bits per heavy atom. The quantitative estimate of drug-likeness (QED) is 0.708. The van der Waals surface area contributed by atoms with Crippen molar-refractivity contribution in [3.05, 3.63) is 20.8 Å². The SMILES string of the molecule is CN(Cc1ccc(Br)s1)C[C@H](O)COCCO. The van der Waals surface area contributed by atoms with E-state index in [-0.39, 0.29) is 19.8 Å². The van der Waals surface area contributed by atoms with Gasteiger partial charge in [-0.05, 0) is 35.1 Å². The van der Waals surface area contributed by atoms with Crippen molar-refractivity contribution in [3.8, 4) is 0 Å². The second kappa shape index (κ2) is 8.18. The first-order valence-corrected chi connectivity index (χ1v) is 7.02. The van der Waals surface area contributed by atoms with E-state index in [1.165, 1.54) is 4.88 Å². The topological polar surface area (TPSA) is 52.9 Å². The first-order chi connectivity index (χ1) is 8.11. The van der Waals surface area contributed by atoms with Crippen molar-refractivity contribution in [2.75, 3.05) is 33.4 Å². The molecule has 1 atom stereocenters. The van der Waals surface area contributed by atoms with Crippen LogP contribution in [0.25, 0.3) is 0 Å². The Kier molecular flexibility index (Phi) is 7.26. The molecule has 0 aliphatic heterocycles. The third-order valence-electron chi connectivity index (χ3n) is 2.12. The van der Waals surface area contributed by atoms with Crippen molar-refractivity contribution >= 4 is 27.3 Å². The van der Waals surface area contributed by atoms with Crippen LogP contribution in [0.3, 0.4) is 0 Å². The number of thiophene rings is 1. The van der Waals surface area contributed by atoms with Crippen LogP contribution in [0.1, 0.15) is 4.88 Å². The van der Waals surface area contributed by atoms with Gasteiger partial charge in [0.2, 0.25) is 0 Å². The monoisotopic (exact) mass is 323 g/mol. The molecule has 17 heavy (non-hydrogen) atoms. The van der Waals surface area contributed by atoms with Gasteiger partial charge < -0.3 is 14.9 Å². The smallest absolute Gasteiger partial charge is 0.0900 e. The summed E-state index contributed by atoms with van der Waals surface area (Å²) in [7, 11) is 1.96. The lowest BCUT2D eigenvalue weighted by molar-refractivity contribution is 0.00792. The molecule has 0 fully saturated rings. The van der Waals surface area contributed by atoms with Gasteiger partial charge >= 0.3 is 0 Å². The van der Waals surface area contributed by atoms with Gasteiger partial charge in [-0.3, -0.25) is 4.90 Å². The van der Waals surface area contributed by atoms with E-state index in [9.17, 15) is 5.11 Å². The van der Waals surface area contributed by atoms with Gasteiger partial charge in [0.1, 0.15) is 0 Å². The summed E-state index contributed by atoms with van der Waals surface area (Å²) < 4.78 is 6.19. The van der Waals surface area contributed by atoms with E-state index >= 15 is 0 Å². The van der Waals surface area contributed by atoms with Crippen LogP contribution < -0.4 is 0 Å². The number of aliphatic hydroxyl groups excluding tert-OH is 2. The van der Waals surface area contributed by atoms with Crippen LogP contribution >= 0.6 is 27.3 Å². The van der Waals surface area contributed by atoms with Gasteiger partial charge in [0.05, 0.1) is 29.7 Å². The second-order valence-electron chi connectivity index (χ2n) is 3.85. The lowest BCUT2D eigenvalue weighted by Crippen LogP contribution is -2.32. The van der Waals surface area contributed by atoms with Crippen molar-refractivity contribution in [1.29, 1.82) is 0 Å². The molecule has 6 heteroatoms. The number of hydrogen-bond acceptors (Lipinski definition) is 5. The third-order valence-corrected chi connectivity index (χ3v) is 3.73. The van der Waals surface area contributed by atoms with Crippen LogP contribution in [0.15, 0.2) is 15.9 Å². The molecule has 0 saturated carbocycles. The molecule has 0 radical (unpaired) electrons. The standard InChI is InChI=1S/C11H18BrNO3S/c1-13(6-9(15)8-16-5-4-14)7-10-2-3-11(12)17-10/h2-3,9,14-15H,4-8H2,1H3/t9-/m0/s1. The Morgan fingerprint density at radius 3 is 2.88 bits per heavy atom. The lowest BCUT2D eigenvalue weighted by atomic mass is 10.3. The van der Waals surface area contributed by atoms with Gasteiger partial charge in [-0.1, -0.05) is 0 Å². The van der Waals surface area contributed by atoms with E-state index in [0.717, 1.165) is 10.3 Å². The molecular weight excluding hydrogens is 306 g/mol. The Balaban J connectivity index is 2.21. The summed E-state index contributed by atoms with van der Waals surface area (Å²) >= 11 is 5.12. The minimum atomic E-state index is -0.519. The van der Waals surface area contributed by atoms with Crippen LogP contribution in [0.4, 0.5) is 0 Å². The molecule has 4 nitrogen and oxygen atoms in total. The molecule has 1 aromatic heterocycles. The number of halogens is 1. The fraction of sp³-hybridized carbons (Fsp3) is 0.636. The molecule has 2 N–H and O–H groups in total. The lowest BCUT2D eigenvalue weighted by Gasteiger charge is -2.19. The largest absolute Gasteiger partial charge is 0.394 e. The Bertz CT molecular complexity index is 321. The van der Waals surface area contributed by atoms with Crippen LogP contribution in [-0.2, 0) is 11.3 Å². The van der Waals surface area contributed by atoms with E-state index in [1.54, 1.807) is 11.3 Å². The van der Waals surface area contributed by atoms with Crippen LogP contribution in [-0.4, -0.2) is 54.6 Å². The third kappa shape index (κ3) is 6.49.